The molecule has 66 valence electrons. The van der Waals surface area contributed by atoms with Gasteiger partial charge in [-0.25, -0.2) is 0 Å². The van der Waals surface area contributed by atoms with Crippen LogP contribution in [0.15, 0.2) is 22.1 Å². The molecule has 0 amide bonds. The Morgan fingerprint density at radius 3 is 1.91 bits per heavy atom. The molecule has 0 aliphatic rings. The van der Waals surface area contributed by atoms with Gasteiger partial charge in [-0.3, -0.25) is 0 Å². The Morgan fingerprint density at radius 2 is 1.82 bits per heavy atom. The molecule has 0 saturated carbocycles. The molecule has 0 saturated heterocycles. The zero-order valence-electron chi connectivity index (χ0n) is 8.13. The summed E-state index contributed by atoms with van der Waals surface area (Å²) in [5.74, 6) is 5.27. The topological polar surface area (TPSA) is 50.7 Å². The Balaban J connectivity index is 0. The van der Waals surface area contributed by atoms with E-state index < -0.39 is 0 Å². The maximum Gasteiger partial charge on any atom is 0.0630 e. The van der Waals surface area contributed by atoms with Gasteiger partial charge in [0.2, 0.25) is 0 Å². The van der Waals surface area contributed by atoms with Crippen LogP contribution in [0.25, 0.3) is 0 Å². The van der Waals surface area contributed by atoms with E-state index in [1.54, 1.807) is 0 Å². The third kappa shape index (κ3) is 7.03. The Hall–Kier alpha value is -0.860. The highest BCUT2D eigenvalue weighted by atomic mass is 15.3. The van der Waals surface area contributed by atoms with Gasteiger partial charge in [-0.1, -0.05) is 39.0 Å². The molecule has 0 unspecified atom stereocenters. The summed E-state index contributed by atoms with van der Waals surface area (Å²) in [4.78, 5) is 0. The molecular weight excluding hydrogens is 138 g/mol. The van der Waals surface area contributed by atoms with Crippen molar-refractivity contribution < 1.29 is 0 Å². The SMILES string of the molecule is C/C=C(\N=NN)C(C)C.CC. The summed E-state index contributed by atoms with van der Waals surface area (Å²) < 4.78 is 0. The summed E-state index contributed by atoms with van der Waals surface area (Å²) in [5, 5.41) is 6.89. The fraction of sp³-hybridized carbons (Fsp3) is 0.750. The van der Waals surface area contributed by atoms with Crippen LogP contribution in [0.4, 0.5) is 0 Å². The van der Waals surface area contributed by atoms with Gasteiger partial charge in [0.1, 0.15) is 0 Å². The molecule has 0 aromatic heterocycles. The van der Waals surface area contributed by atoms with Crippen molar-refractivity contribution in [1.82, 2.24) is 0 Å². The number of rotatable bonds is 2. The standard InChI is InChI=1S/C6H13N3.C2H6/c1-4-6(5(2)3)8-9-7;1-2/h4-5H,1-3H3,(H2,7,8);1-2H3/b6-4-;. The van der Waals surface area contributed by atoms with E-state index in [2.05, 4.69) is 10.3 Å². The summed E-state index contributed by atoms with van der Waals surface area (Å²) in [7, 11) is 0. The van der Waals surface area contributed by atoms with Gasteiger partial charge in [0, 0.05) is 0 Å². The highest BCUT2D eigenvalue weighted by molar-refractivity contribution is 4.99. The third-order valence-electron chi connectivity index (χ3n) is 1.06. The van der Waals surface area contributed by atoms with Gasteiger partial charge in [0.25, 0.3) is 0 Å². The van der Waals surface area contributed by atoms with E-state index in [9.17, 15) is 0 Å². The lowest BCUT2D eigenvalue weighted by atomic mass is 10.1. The molecule has 0 aromatic carbocycles. The van der Waals surface area contributed by atoms with Gasteiger partial charge in [0.05, 0.1) is 5.70 Å². The minimum atomic E-state index is 0.405. The van der Waals surface area contributed by atoms with Crippen molar-refractivity contribution >= 4 is 0 Å². The fourth-order valence-electron chi connectivity index (χ4n) is 0.573. The molecule has 2 N–H and O–H groups in total. The third-order valence-corrected chi connectivity index (χ3v) is 1.06. The van der Waals surface area contributed by atoms with Gasteiger partial charge >= 0.3 is 0 Å². The van der Waals surface area contributed by atoms with Gasteiger partial charge in [-0.05, 0) is 12.8 Å². The molecule has 0 atom stereocenters. The van der Waals surface area contributed by atoms with Crippen molar-refractivity contribution in [3.05, 3.63) is 11.8 Å². The van der Waals surface area contributed by atoms with E-state index >= 15 is 0 Å². The van der Waals surface area contributed by atoms with Gasteiger partial charge in [-0.2, -0.15) is 0 Å². The van der Waals surface area contributed by atoms with E-state index in [1.807, 2.05) is 40.7 Å². The number of allylic oxidation sites excluding steroid dienone is 2. The molecule has 3 nitrogen and oxygen atoms in total. The highest BCUT2D eigenvalue weighted by Gasteiger charge is 1.97. The molecule has 0 radical (unpaired) electrons. The highest BCUT2D eigenvalue weighted by Crippen LogP contribution is 2.09. The quantitative estimate of drug-likeness (QED) is 0.374. The zero-order chi connectivity index (χ0) is 9.28. The maximum absolute atomic E-state index is 4.86. The predicted octanol–water partition coefficient (Wildman–Crippen LogP) is 2.90. The largest absolute Gasteiger partial charge is 0.305 e. The number of nitrogens with two attached hydrogens (primary N) is 1. The molecule has 0 rings (SSSR count). The first-order valence-corrected chi connectivity index (χ1v) is 3.99. The fourth-order valence-corrected chi connectivity index (χ4v) is 0.573. The summed E-state index contributed by atoms with van der Waals surface area (Å²) >= 11 is 0. The first-order valence-electron chi connectivity index (χ1n) is 3.99. The smallest absolute Gasteiger partial charge is 0.0630 e. The van der Waals surface area contributed by atoms with Crippen LogP contribution in [0.1, 0.15) is 34.6 Å². The van der Waals surface area contributed by atoms with Crippen molar-refractivity contribution in [3.8, 4) is 0 Å². The molecule has 0 aromatic rings. The number of hydrogen-bond acceptors (Lipinski definition) is 2. The van der Waals surface area contributed by atoms with Crippen LogP contribution in [0, 0.1) is 5.92 Å². The Labute approximate surface area is 69.4 Å². The summed E-state index contributed by atoms with van der Waals surface area (Å²) in [6.07, 6.45) is 1.90. The second kappa shape index (κ2) is 9.14. The molecule has 0 heterocycles. The molecule has 3 heteroatoms. The van der Waals surface area contributed by atoms with E-state index in [1.165, 1.54) is 0 Å². The van der Waals surface area contributed by atoms with Crippen molar-refractivity contribution in [1.29, 1.82) is 0 Å². The first-order chi connectivity index (χ1) is 5.22. The Bertz CT molecular complexity index is 125. The van der Waals surface area contributed by atoms with Crippen LogP contribution < -0.4 is 5.84 Å². The van der Waals surface area contributed by atoms with Crippen LogP contribution in [0.5, 0.6) is 0 Å². The molecular formula is C8H19N3. The lowest BCUT2D eigenvalue weighted by Crippen LogP contribution is -1.90. The van der Waals surface area contributed by atoms with Crippen LogP contribution in [0.2, 0.25) is 0 Å². The van der Waals surface area contributed by atoms with Crippen molar-refractivity contribution in [2.24, 2.45) is 22.1 Å². The van der Waals surface area contributed by atoms with E-state index in [4.69, 9.17) is 5.84 Å². The van der Waals surface area contributed by atoms with Crippen molar-refractivity contribution in [2.75, 3.05) is 0 Å². The lowest BCUT2D eigenvalue weighted by Gasteiger charge is -2.00. The summed E-state index contributed by atoms with van der Waals surface area (Å²) in [5.41, 5.74) is 0.928. The minimum absolute atomic E-state index is 0.405. The molecule has 0 fully saturated rings. The van der Waals surface area contributed by atoms with Crippen molar-refractivity contribution in [2.45, 2.75) is 34.6 Å². The maximum atomic E-state index is 4.86. The molecule has 11 heavy (non-hydrogen) atoms. The molecule has 0 spiro atoms. The Morgan fingerprint density at radius 1 is 1.36 bits per heavy atom. The second-order valence-electron chi connectivity index (χ2n) is 2.08. The lowest BCUT2D eigenvalue weighted by molar-refractivity contribution is 0.731. The molecule has 0 aliphatic heterocycles. The zero-order valence-corrected chi connectivity index (χ0v) is 8.13. The first kappa shape index (κ1) is 12.8. The normalized spacial score (nSPS) is 11.6. The molecule has 0 bridgehead atoms. The number of hydrogen-bond donors (Lipinski definition) is 1. The second-order valence-corrected chi connectivity index (χ2v) is 2.08. The van der Waals surface area contributed by atoms with Crippen LogP contribution in [-0.2, 0) is 0 Å². The monoisotopic (exact) mass is 157 g/mol. The van der Waals surface area contributed by atoms with E-state index in [-0.39, 0.29) is 0 Å². The average Bonchev–Trinajstić information content (AvgIpc) is 2.03. The van der Waals surface area contributed by atoms with Crippen LogP contribution >= 0.6 is 0 Å². The van der Waals surface area contributed by atoms with E-state index in [0.29, 0.717) is 5.92 Å². The summed E-state index contributed by atoms with van der Waals surface area (Å²) in [6, 6.07) is 0. The van der Waals surface area contributed by atoms with Gasteiger partial charge in [0.15, 0.2) is 0 Å². The van der Waals surface area contributed by atoms with Crippen LogP contribution in [0.3, 0.4) is 0 Å². The van der Waals surface area contributed by atoms with Crippen molar-refractivity contribution in [3.63, 3.8) is 0 Å². The number of nitrogens with zero attached hydrogens (tertiary/aromatic N) is 2. The Kier molecular flexibility index (Phi) is 10.6. The molecule has 0 aliphatic carbocycles. The van der Waals surface area contributed by atoms with E-state index in [0.717, 1.165) is 5.70 Å². The average molecular weight is 157 g/mol. The minimum Gasteiger partial charge on any atom is -0.305 e. The summed E-state index contributed by atoms with van der Waals surface area (Å²) in [6.45, 7) is 10.0. The van der Waals surface area contributed by atoms with Gasteiger partial charge < -0.3 is 5.84 Å². The predicted molar refractivity (Wildman–Crippen MR) is 49.0 cm³/mol. The van der Waals surface area contributed by atoms with Crippen LogP contribution in [-0.4, -0.2) is 0 Å². The van der Waals surface area contributed by atoms with Gasteiger partial charge in [-0.15, -0.1) is 5.11 Å².